The van der Waals surface area contributed by atoms with Gasteiger partial charge in [-0.1, -0.05) is 51.2 Å². The molecule has 0 bridgehead atoms. The van der Waals surface area contributed by atoms with Crippen molar-refractivity contribution in [2.75, 3.05) is 14.2 Å². The van der Waals surface area contributed by atoms with Crippen molar-refractivity contribution in [3.05, 3.63) is 12.2 Å². The first-order valence-electron chi connectivity index (χ1n) is 8.01. The van der Waals surface area contributed by atoms with Gasteiger partial charge in [-0.2, -0.15) is 0 Å². The minimum atomic E-state index is -0.410. The Bertz CT molecular complexity index is 249. The van der Waals surface area contributed by atoms with Crippen LogP contribution in [0.25, 0.3) is 0 Å². The lowest BCUT2D eigenvalue weighted by atomic mass is 10.1. The van der Waals surface area contributed by atoms with E-state index in [0.29, 0.717) is 0 Å². The number of unbranched alkanes of at least 4 members (excludes halogenated alkanes) is 7. The fraction of sp³-hybridized carbons (Fsp3) is 0.824. The smallest absolute Gasteiger partial charge is 0.334 e. The Kier molecular flexibility index (Phi) is 14.0. The number of ether oxygens (including phenoxy) is 2. The van der Waals surface area contributed by atoms with Crippen LogP contribution in [0.15, 0.2) is 12.2 Å². The first-order chi connectivity index (χ1) is 9.76. The molecule has 0 heterocycles. The first-order valence-corrected chi connectivity index (χ1v) is 8.01. The van der Waals surface area contributed by atoms with Crippen LogP contribution in [0.2, 0.25) is 0 Å². The van der Waals surface area contributed by atoms with Crippen LogP contribution in [0.4, 0.5) is 0 Å². The highest BCUT2D eigenvalue weighted by molar-refractivity contribution is 5.74. The van der Waals surface area contributed by atoms with Crippen LogP contribution in [-0.2, 0) is 14.3 Å². The second kappa shape index (κ2) is 14.6. The summed E-state index contributed by atoms with van der Waals surface area (Å²) in [7, 11) is 2.95. The fourth-order valence-electron chi connectivity index (χ4n) is 2.16. The standard InChI is InChI=1S/C17H32O3/c1-4-5-6-7-8-9-10-11-12-13-14-15-16(19-2)17(18)20-3/h11-12,16H,4-10,13-15H2,1-3H3/b12-11-. The first kappa shape index (κ1) is 19.2. The van der Waals surface area contributed by atoms with Crippen LogP contribution in [0.5, 0.6) is 0 Å². The molecule has 0 radical (unpaired) electrons. The number of allylic oxidation sites excluding steroid dienone is 2. The lowest BCUT2D eigenvalue weighted by Crippen LogP contribution is -2.24. The molecular weight excluding hydrogens is 252 g/mol. The molecule has 3 heteroatoms. The van der Waals surface area contributed by atoms with E-state index < -0.39 is 6.10 Å². The SMILES string of the molecule is CCCCCCCC/C=C\CCCC(OC)C(=O)OC. The molecule has 0 fully saturated rings. The lowest BCUT2D eigenvalue weighted by Gasteiger charge is -2.11. The van der Waals surface area contributed by atoms with E-state index in [0.717, 1.165) is 19.3 Å². The van der Waals surface area contributed by atoms with Crippen molar-refractivity contribution in [1.82, 2.24) is 0 Å². The average molecular weight is 284 g/mol. The van der Waals surface area contributed by atoms with Crippen LogP contribution in [-0.4, -0.2) is 26.3 Å². The zero-order chi connectivity index (χ0) is 15.1. The average Bonchev–Trinajstić information content (AvgIpc) is 2.48. The van der Waals surface area contributed by atoms with E-state index in [9.17, 15) is 4.79 Å². The highest BCUT2D eigenvalue weighted by Crippen LogP contribution is 2.09. The largest absolute Gasteiger partial charge is 0.467 e. The molecule has 1 atom stereocenters. The van der Waals surface area contributed by atoms with E-state index in [-0.39, 0.29) is 5.97 Å². The summed E-state index contributed by atoms with van der Waals surface area (Å²) in [4.78, 5) is 11.3. The van der Waals surface area contributed by atoms with Crippen molar-refractivity contribution in [3.63, 3.8) is 0 Å². The topological polar surface area (TPSA) is 35.5 Å². The van der Waals surface area contributed by atoms with Gasteiger partial charge in [0.2, 0.25) is 0 Å². The maximum atomic E-state index is 11.3. The van der Waals surface area contributed by atoms with Crippen molar-refractivity contribution in [3.8, 4) is 0 Å². The number of esters is 1. The number of carbonyl (C=O) groups excluding carboxylic acids is 1. The molecule has 0 aromatic carbocycles. The number of hydrogen-bond acceptors (Lipinski definition) is 3. The van der Waals surface area contributed by atoms with Crippen molar-refractivity contribution in [2.45, 2.75) is 77.2 Å². The highest BCUT2D eigenvalue weighted by Gasteiger charge is 2.16. The van der Waals surface area contributed by atoms with Crippen LogP contribution in [0.3, 0.4) is 0 Å². The Labute approximate surface area is 124 Å². The van der Waals surface area contributed by atoms with Crippen molar-refractivity contribution in [1.29, 1.82) is 0 Å². The Hall–Kier alpha value is -0.830. The molecule has 3 nitrogen and oxygen atoms in total. The summed E-state index contributed by atoms with van der Waals surface area (Å²) < 4.78 is 9.77. The van der Waals surface area contributed by atoms with Gasteiger partial charge in [-0.3, -0.25) is 0 Å². The maximum absolute atomic E-state index is 11.3. The molecule has 0 spiro atoms. The molecule has 0 N–H and O–H groups in total. The minimum Gasteiger partial charge on any atom is -0.467 e. The van der Waals surface area contributed by atoms with Gasteiger partial charge in [-0.15, -0.1) is 0 Å². The predicted octanol–water partition coefficient (Wildman–Crippen LogP) is 4.65. The van der Waals surface area contributed by atoms with E-state index >= 15 is 0 Å². The molecule has 0 aliphatic rings. The summed E-state index contributed by atoms with van der Waals surface area (Å²) in [6.45, 7) is 2.25. The van der Waals surface area contributed by atoms with Crippen LogP contribution >= 0.6 is 0 Å². The van der Waals surface area contributed by atoms with E-state index in [1.807, 2.05) is 0 Å². The second-order valence-electron chi connectivity index (χ2n) is 5.21. The molecule has 0 aromatic rings. The Morgan fingerprint density at radius 1 is 0.950 bits per heavy atom. The molecular formula is C17H32O3. The molecule has 0 saturated heterocycles. The number of hydrogen-bond donors (Lipinski definition) is 0. The van der Waals surface area contributed by atoms with Gasteiger partial charge in [0.05, 0.1) is 7.11 Å². The van der Waals surface area contributed by atoms with Crippen LogP contribution in [0.1, 0.15) is 71.1 Å². The van der Waals surface area contributed by atoms with Crippen LogP contribution < -0.4 is 0 Å². The quantitative estimate of drug-likeness (QED) is 0.280. The summed E-state index contributed by atoms with van der Waals surface area (Å²) in [6, 6.07) is 0. The van der Waals surface area contributed by atoms with Gasteiger partial charge in [-0.05, 0) is 32.1 Å². The molecule has 0 rings (SSSR count). The van der Waals surface area contributed by atoms with E-state index in [1.54, 1.807) is 7.11 Å². The molecule has 118 valence electrons. The summed E-state index contributed by atoms with van der Waals surface area (Å²) >= 11 is 0. The summed E-state index contributed by atoms with van der Waals surface area (Å²) in [6.07, 6.45) is 16.0. The second-order valence-corrected chi connectivity index (χ2v) is 5.21. The van der Waals surface area contributed by atoms with Gasteiger partial charge < -0.3 is 9.47 Å². The molecule has 0 aliphatic heterocycles. The number of rotatable bonds is 13. The van der Waals surface area contributed by atoms with Crippen molar-refractivity contribution < 1.29 is 14.3 Å². The Morgan fingerprint density at radius 3 is 2.15 bits per heavy atom. The van der Waals surface area contributed by atoms with Crippen molar-refractivity contribution in [2.24, 2.45) is 0 Å². The van der Waals surface area contributed by atoms with E-state index in [1.165, 1.54) is 52.1 Å². The van der Waals surface area contributed by atoms with Crippen LogP contribution in [0, 0.1) is 0 Å². The Balaban J connectivity index is 3.41. The summed E-state index contributed by atoms with van der Waals surface area (Å²) in [5, 5.41) is 0. The van der Waals surface area contributed by atoms with Gasteiger partial charge in [0.25, 0.3) is 0 Å². The normalized spacial score (nSPS) is 12.8. The number of carbonyl (C=O) groups is 1. The van der Waals surface area contributed by atoms with E-state index in [4.69, 9.17) is 4.74 Å². The monoisotopic (exact) mass is 284 g/mol. The van der Waals surface area contributed by atoms with Gasteiger partial charge in [0, 0.05) is 7.11 Å². The van der Waals surface area contributed by atoms with Gasteiger partial charge in [0.1, 0.15) is 0 Å². The summed E-state index contributed by atoms with van der Waals surface area (Å²) in [5.41, 5.74) is 0. The van der Waals surface area contributed by atoms with E-state index in [2.05, 4.69) is 23.8 Å². The molecule has 0 saturated carbocycles. The zero-order valence-corrected chi connectivity index (χ0v) is 13.5. The van der Waals surface area contributed by atoms with Crippen molar-refractivity contribution >= 4 is 5.97 Å². The zero-order valence-electron chi connectivity index (χ0n) is 13.5. The lowest BCUT2D eigenvalue weighted by molar-refractivity contribution is -0.152. The third kappa shape index (κ3) is 11.0. The fourth-order valence-corrected chi connectivity index (χ4v) is 2.16. The van der Waals surface area contributed by atoms with Gasteiger partial charge in [-0.25, -0.2) is 4.79 Å². The molecule has 20 heavy (non-hydrogen) atoms. The summed E-state index contributed by atoms with van der Waals surface area (Å²) in [5.74, 6) is -0.274. The van der Waals surface area contributed by atoms with Gasteiger partial charge in [0.15, 0.2) is 6.10 Å². The minimum absolute atomic E-state index is 0.274. The highest BCUT2D eigenvalue weighted by atomic mass is 16.6. The molecule has 1 unspecified atom stereocenters. The molecule has 0 amide bonds. The third-order valence-corrected chi connectivity index (χ3v) is 3.48. The maximum Gasteiger partial charge on any atom is 0.334 e. The molecule has 0 aliphatic carbocycles. The Morgan fingerprint density at radius 2 is 1.55 bits per heavy atom. The predicted molar refractivity (Wildman–Crippen MR) is 83.8 cm³/mol. The molecule has 0 aromatic heterocycles. The third-order valence-electron chi connectivity index (χ3n) is 3.48. The van der Waals surface area contributed by atoms with Gasteiger partial charge >= 0.3 is 5.97 Å². The number of methoxy groups -OCH3 is 2.